The molecule has 0 aliphatic carbocycles. The summed E-state index contributed by atoms with van der Waals surface area (Å²) in [5.74, 6) is 1.49. The van der Waals surface area contributed by atoms with Gasteiger partial charge in [-0.05, 0) is 19.1 Å². The van der Waals surface area contributed by atoms with Crippen LogP contribution in [0, 0.1) is 6.92 Å². The third kappa shape index (κ3) is 2.80. The molecule has 0 N–H and O–H groups in total. The Balaban J connectivity index is 1.47. The number of rotatable bonds is 3. The van der Waals surface area contributed by atoms with Crippen LogP contribution in [0.15, 0.2) is 24.3 Å². The maximum atomic E-state index is 12.7. The normalized spacial score (nSPS) is 15.0. The second kappa shape index (κ2) is 6.32. The van der Waals surface area contributed by atoms with Crippen molar-refractivity contribution in [1.29, 1.82) is 0 Å². The summed E-state index contributed by atoms with van der Waals surface area (Å²) < 4.78 is 7.05. The van der Waals surface area contributed by atoms with Crippen molar-refractivity contribution < 1.29 is 9.53 Å². The molecular weight excluding hydrogens is 340 g/mol. The maximum absolute atomic E-state index is 12.7. The Hall–Kier alpha value is -2.68. The quantitative estimate of drug-likeness (QED) is 0.706. The van der Waals surface area contributed by atoms with E-state index < -0.39 is 0 Å². The van der Waals surface area contributed by atoms with Gasteiger partial charge in [0.1, 0.15) is 5.75 Å². The fourth-order valence-corrected chi connectivity index (χ4v) is 3.83. The second-order valence-corrected chi connectivity index (χ2v) is 6.76. The first kappa shape index (κ1) is 15.8. The number of ether oxygens (including phenoxy) is 1. The number of aromatic nitrogens is 4. The van der Waals surface area contributed by atoms with Crippen LogP contribution in [0.25, 0.3) is 4.96 Å². The van der Waals surface area contributed by atoms with E-state index in [0.29, 0.717) is 28.9 Å². The molecule has 1 aliphatic rings. The zero-order chi connectivity index (χ0) is 17.4. The average Bonchev–Trinajstić information content (AvgIpc) is 3.23. The first-order valence-electron chi connectivity index (χ1n) is 8.03. The molecule has 3 heterocycles. The van der Waals surface area contributed by atoms with Crippen LogP contribution in [-0.4, -0.2) is 63.9 Å². The largest absolute Gasteiger partial charge is 0.495 e. The Morgan fingerprint density at radius 3 is 2.64 bits per heavy atom. The van der Waals surface area contributed by atoms with Crippen LogP contribution in [-0.2, 0) is 0 Å². The van der Waals surface area contributed by atoms with Gasteiger partial charge in [-0.3, -0.25) is 4.79 Å². The molecule has 4 rings (SSSR count). The van der Waals surface area contributed by atoms with Crippen LogP contribution >= 0.6 is 11.3 Å². The molecule has 1 amide bonds. The van der Waals surface area contributed by atoms with E-state index in [1.807, 2.05) is 36.1 Å². The monoisotopic (exact) mass is 358 g/mol. The van der Waals surface area contributed by atoms with Gasteiger partial charge < -0.3 is 14.5 Å². The molecule has 1 aromatic carbocycles. The lowest BCUT2D eigenvalue weighted by atomic mass is 10.2. The highest BCUT2D eigenvalue weighted by atomic mass is 32.1. The van der Waals surface area contributed by atoms with Crippen LogP contribution in [0.4, 0.5) is 5.69 Å². The van der Waals surface area contributed by atoms with E-state index in [1.54, 1.807) is 11.6 Å². The fraction of sp³-hybridized carbons (Fsp3) is 0.375. The molecule has 2 aromatic heterocycles. The number of anilines is 1. The molecule has 0 unspecified atom stereocenters. The van der Waals surface area contributed by atoms with Gasteiger partial charge in [-0.2, -0.15) is 4.52 Å². The van der Waals surface area contributed by atoms with Gasteiger partial charge in [0, 0.05) is 26.2 Å². The zero-order valence-electron chi connectivity index (χ0n) is 14.0. The molecular formula is C16H18N6O2S. The molecule has 3 aromatic rings. The number of amides is 1. The molecule has 130 valence electrons. The molecule has 0 radical (unpaired) electrons. The highest BCUT2D eigenvalue weighted by molar-refractivity contribution is 7.18. The standard InChI is InChI=1S/C16H18N6O2S/c1-11-17-18-16-22(11)19-14(25-16)15(23)21-9-7-20(8-10-21)12-5-3-4-6-13(12)24-2/h3-6H,7-10H2,1-2H3. The minimum atomic E-state index is -0.0467. The third-order valence-electron chi connectivity index (χ3n) is 4.32. The van der Waals surface area contributed by atoms with Gasteiger partial charge in [-0.15, -0.1) is 15.3 Å². The first-order chi connectivity index (χ1) is 12.2. The zero-order valence-corrected chi connectivity index (χ0v) is 14.9. The summed E-state index contributed by atoms with van der Waals surface area (Å²) in [7, 11) is 1.67. The molecule has 25 heavy (non-hydrogen) atoms. The smallest absolute Gasteiger partial charge is 0.284 e. The number of aryl methyl sites for hydroxylation is 1. The highest BCUT2D eigenvalue weighted by Crippen LogP contribution is 2.28. The van der Waals surface area contributed by atoms with Crippen LogP contribution in [0.3, 0.4) is 0 Å². The number of carbonyl (C=O) groups is 1. The van der Waals surface area contributed by atoms with Gasteiger partial charge in [0.15, 0.2) is 5.82 Å². The van der Waals surface area contributed by atoms with Gasteiger partial charge in [-0.1, -0.05) is 23.5 Å². The molecule has 1 fully saturated rings. The summed E-state index contributed by atoms with van der Waals surface area (Å²) in [6.45, 7) is 4.64. The van der Waals surface area contributed by atoms with E-state index in [1.165, 1.54) is 11.3 Å². The second-order valence-electron chi connectivity index (χ2n) is 5.80. The molecule has 8 nitrogen and oxygen atoms in total. The lowest BCUT2D eigenvalue weighted by Crippen LogP contribution is -2.48. The molecule has 0 saturated carbocycles. The summed E-state index contributed by atoms with van der Waals surface area (Å²) in [6.07, 6.45) is 0. The summed E-state index contributed by atoms with van der Waals surface area (Å²) in [5.41, 5.74) is 1.06. The van der Waals surface area contributed by atoms with Crippen LogP contribution in [0.5, 0.6) is 5.75 Å². The minimum absolute atomic E-state index is 0.0467. The van der Waals surface area contributed by atoms with Crippen LogP contribution in [0.2, 0.25) is 0 Å². The molecule has 9 heteroatoms. The molecule has 1 aliphatic heterocycles. The fourth-order valence-electron chi connectivity index (χ4n) is 2.98. The Kier molecular flexibility index (Phi) is 4.00. The summed E-state index contributed by atoms with van der Waals surface area (Å²) >= 11 is 1.28. The number of nitrogens with zero attached hydrogens (tertiary/aromatic N) is 6. The predicted molar refractivity (Wildman–Crippen MR) is 94.5 cm³/mol. The van der Waals surface area contributed by atoms with Crippen molar-refractivity contribution >= 4 is 27.9 Å². The molecule has 0 atom stereocenters. The van der Waals surface area contributed by atoms with Crippen molar-refractivity contribution in [3.63, 3.8) is 0 Å². The lowest BCUT2D eigenvalue weighted by Gasteiger charge is -2.36. The topological polar surface area (TPSA) is 75.9 Å². The number of para-hydroxylation sites is 2. The first-order valence-corrected chi connectivity index (χ1v) is 8.85. The van der Waals surface area contributed by atoms with E-state index in [-0.39, 0.29) is 5.91 Å². The Labute approximate surface area is 148 Å². The Bertz CT molecular complexity index is 912. The van der Waals surface area contributed by atoms with Crippen molar-refractivity contribution in [2.75, 3.05) is 38.2 Å². The van der Waals surface area contributed by atoms with Gasteiger partial charge in [0.2, 0.25) is 9.97 Å². The van der Waals surface area contributed by atoms with Gasteiger partial charge >= 0.3 is 0 Å². The van der Waals surface area contributed by atoms with Crippen molar-refractivity contribution in [3.8, 4) is 5.75 Å². The number of hydrogen-bond donors (Lipinski definition) is 0. The van der Waals surface area contributed by atoms with Crippen molar-refractivity contribution in [2.24, 2.45) is 0 Å². The number of benzene rings is 1. The average molecular weight is 358 g/mol. The third-order valence-corrected chi connectivity index (χ3v) is 5.21. The van der Waals surface area contributed by atoms with Gasteiger partial charge in [0.25, 0.3) is 5.91 Å². The maximum Gasteiger partial charge on any atom is 0.284 e. The number of carbonyl (C=O) groups excluding carboxylic acids is 1. The van der Waals surface area contributed by atoms with Crippen LogP contribution < -0.4 is 9.64 Å². The van der Waals surface area contributed by atoms with E-state index in [9.17, 15) is 4.79 Å². The SMILES string of the molecule is COc1ccccc1N1CCN(C(=O)c2nn3c(C)nnc3s2)CC1. The van der Waals surface area contributed by atoms with Gasteiger partial charge in [0.05, 0.1) is 12.8 Å². The summed E-state index contributed by atoms with van der Waals surface area (Å²) in [5, 5.41) is 12.8. The van der Waals surface area contributed by atoms with E-state index in [0.717, 1.165) is 24.5 Å². The number of methoxy groups -OCH3 is 1. The van der Waals surface area contributed by atoms with Crippen molar-refractivity contribution in [2.45, 2.75) is 6.92 Å². The van der Waals surface area contributed by atoms with E-state index in [2.05, 4.69) is 20.2 Å². The van der Waals surface area contributed by atoms with Crippen molar-refractivity contribution in [3.05, 3.63) is 35.1 Å². The molecule has 0 bridgehead atoms. The minimum Gasteiger partial charge on any atom is -0.495 e. The Morgan fingerprint density at radius 2 is 1.92 bits per heavy atom. The number of fused-ring (bicyclic) bond motifs is 1. The van der Waals surface area contributed by atoms with Gasteiger partial charge in [-0.25, -0.2) is 0 Å². The molecule has 1 saturated heterocycles. The summed E-state index contributed by atoms with van der Waals surface area (Å²) in [4.78, 5) is 17.4. The summed E-state index contributed by atoms with van der Waals surface area (Å²) in [6, 6.07) is 7.95. The van der Waals surface area contributed by atoms with E-state index >= 15 is 0 Å². The molecule has 0 spiro atoms. The van der Waals surface area contributed by atoms with Crippen LogP contribution in [0.1, 0.15) is 15.6 Å². The predicted octanol–water partition coefficient (Wildman–Crippen LogP) is 1.47. The highest BCUT2D eigenvalue weighted by Gasteiger charge is 2.26. The number of hydrogen-bond acceptors (Lipinski definition) is 7. The van der Waals surface area contributed by atoms with Crippen molar-refractivity contribution in [1.82, 2.24) is 24.7 Å². The number of piperazine rings is 1. The Morgan fingerprint density at radius 1 is 1.16 bits per heavy atom. The van der Waals surface area contributed by atoms with E-state index in [4.69, 9.17) is 4.74 Å². The lowest BCUT2D eigenvalue weighted by molar-refractivity contribution is 0.0745.